The van der Waals surface area contributed by atoms with E-state index in [9.17, 15) is 21.6 Å². The molecule has 0 saturated carbocycles. The van der Waals surface area contributed by atoms with Gasteiger partial charge in [0.15, 0.2) is 0 Å². The maximum absolute atomic E-state index is 13.0. The van der Waals surface area contributed by atoms with E-state index in [2.05, 4.69) is 5.10 Å². The summed E-state index contributed by atoms with van der Waals surface area (Å²) in [5.74, 6) is 1.36. The largest absolute Gasteiger partial charge is 0.361 e. The molecule has 3 rings (SSSR count). The molecule has 1 aliphatic heterocycles. The van der Waals surface area contributed by atoms with Crippen molar-refractivity contribution in [1.29, 1.82) is 0 Å². The molecule has 168 valence electrons. The zero-order chi connectivity index (χ0) is 23.1. The van der Waals surface area contributed by atoms with Crippen LogP contribution >= 0.6 is 0 Å². The van der Waals surface area contributed by atoms with Gasteiger partial charge in [-0.05, 0) is 61.4 Å². The average Bonchev–Trinajstić information content (AvgIpc) is 3.07. The fourth-order valence-electron chi connectivity index (χ4n) is 4.14. The average molecular weight is 467 g/mol. The molecule has 0 saturated heterocycles. The van der Waals surface area contributed by atoms with Gasteiger partial charge in [0.25, 0.3) is 0 Å². The minimum absolute atomic E-state index is 0.0744. The second-order valence-electron chi connectivity index (χ2n) is 7.77. The molecule has 31 heavy (non-hydrogen) atoms. The highest BCUT2D eigenvalue weighted by atomic mass is 32.2. The summed E-state index contributed by atoms with van der Waals surface area (Å²) in [5, 5.41) is 4.26. The summed E-state index contributed by atoms with van der Waals surface area (Å²) in [4.78, 5) is 11.2. The van der Waals surface area contributed by atoms with E-state index in [1.165, 1.54) is 10.9 Å². The Hall–Kier alpha value is -2.42. The van der Waals surface area contributed by atoms with Crippen molar-refractivity contribution < 1.29 is 25.8 Å². The number of benzene rings is 1. The molecular formula is C21H26N2O6S2. The van der Waals surface area contributed by atoms with Gasteiger partial charge in [-0.2, -0.15) is 13.5 Å². The fraction of sp³-hybridized carbons (Fsp3) is 0.476. The second kappa shape index (κ2) is 8.26. The molecule has 8 nitrogen and oxygen atoms in total. The highest BCUT2D eigenvalue weighted by Gasteiger charge is 2.37. The molecule has 0 radical (unpaired) electrons. The number of aryl methyl sites for hydroxylation is 2. The van der Waals surface area contributed by atoms with Gasteiger partial charge < -0.3 is 4.18 Å². The first kappa shape index (κ1) is 23.2. The minimum atomic E-state index is -3.92. The van der Waals surface area contributed by atoms with Crippen molar-refractivity contribution in [1.82, 2.24) is 9.78 Å². The van der Waals surface area contributed by atoms with Gasteiger partial charge in [0, 0.05) is 13.0 Å². The number of sulfone groups is 1. The number of hydrogen-bond donors (Lipinski definition) is 0. The normalized spacial score (nSPS) is 17.8. The Morgan fingerprint density at radius 1 is 1.26 bits per heavy atom. The Kier molecular flexibility index (Phi) is 6.19. The van der Waals surface area contributed by atoms with Crippen molar-refractivity contribution in [3.8, 4) is 17.0 Å². The van der Waals surface area contributed by atoms with Gasteiger partial charge in [-0.15, -0.1) is 0 Å². The van der Waals surface area contributed by atoms with Crippen LogP contribution in [-0.4, -0.2) is 38.3 Å². The first-order valence-corrected chi connectivity index (χ1v) is 13.2. The van der Waals surface area contributed by atoms with Crippen molar-refractivity contribution >= 4 is 25.9 Å². The third-order valence-corrected chi connectivity index (χ3v) is 8.80. The fourth-order valence-corrected chi connectivity index (χ4v) is 7.09. The summed E-state index contributed by atoms with van der Waals surface area (Å²) in [6.07, 6.45) is 2.02. The van der Waals surface area contributed by atoms with E-state index in [0.717, 1.165) is 0 Å². The molecule has 1 unspecified atom stereocenters. The smallest absolute Gasteiger partial charge is 0.310 e. The number of rotatable bonds is 6. The van der Waals surface area contributed by atoms with E-state index in [1.54, 1.807) is 32.8 Å². The van der Waals surface area contributed by atoms with E-state index in [1.807, 2.05) is 13.8 Å². The maximum atomic E-state index is 13.0. The standard InChI is InChI=1S/C21H26N2O6S2/c1-6-8-30(25,26)29-21-18(11-22-23(21)7-2)17-10-14(4)20-19(15(17)5)13(3)9-16(12-24)31(20,27)28/h10-11,13H,6-9H2,1-5H3. The molecular weight excluding hydrogens is 440 g/mol. The lowest BCUT2D eigenvalue weighted by atomic mass is 9.87. The van der Waals surface area contributed by atoms with Gasteiger partial charge in [0.1, 0.15) is 10.8 Å². The van der Waals surface area contributed by atoms with Gasteiger partial charge in [-0.1, -0.05) is 13.8 Å². The predicted molar refractivity (Wildman–Crippen MR) is 117 cm³/mol. The first-order chi connectivity index (χ1) is 14.5. The summed E-state index contributed by atoms with van der Waals surface area (Å²) in [7, 11) is -7.72. The molecule has 0 spiro atoms. The third-order valence-electron chi connectivity index (χ3n) is 5.50. The van der Waals surface area contributed by atoms with E-state index in [4.69, 9.17) is 4.18 Å². The monoisotopic (exact) mass is 466 g/mol. The van der Waals surface area contributed by atoms with Crippen molar-refractivity contribution in [2.75, 3.05) is 5.75 Å². The Balaban J connectivity index is 2.29. The Labute approximate surface area is 183 Å². The molecule has 0 aliphatic carbocycles. The maximum Gasteiger partial charge on any atom is 0.310 e. The number of allylic oxidation sites excluding steroid dienone is 1. The molecule has 0 fully saturated rings. The van der Waals surface area contributed by atoms with Crippen molar-refractivity contribution in [2.24, 2.45) is 0 Å². The lowest BCUT2D eigenvalue weighted by molar-refractivity contribution is 0.444. The van der Waals surface area contributed by atoms with E-state index in [-0.39, 0.29) is 33.8 Å². The number of hydrogen-bond acceptors (Lipinski definition) is 7. The van der Waals surface area contributed by atoms with Crippen molar-refractivity contribution in [2.45, 2.75) is 64.8 Å². The summed E-state index contributed by atoms with van der Waals surface area (Å²) in [5.41, 5.74) is 2.92. The Morgan fingerprint density at radius 3 is 2.52 bits per heavy atom. The van der Waals surface area contributed by atoms with Crippen LogP contribution in [0.25, 0.3) is 11.1 Å². The lowest BCUT2D eigenvalue weighted by Gasteiger charge is -2.28. The first-order valence-electron chi connectivity index (χ1n) is 10.1. The molecule has 10 heteroatoms. The van der Waals surface area contributed by atoms with Crippen LogP contribution in [-0.2, 0) is 31.3 Å². The quantitative estimate of drug-likeness (QED) is 0.474. The van der Waals surface area contributed by atoms with Crippen LogP contribution in [0.3, 0.4) is 0 Å². The Morgan fingerprint density at radius 2 is 1.94 bits per heavy atom. The van der Waals surface area contributed by atoms with Gasteiger partial charge in [-0.3, -0.25) is 0 Å². The zero-order valence-electron chi connectivity index (χ0n) is 18.2. The molecule has 0 N–H and O–H groups in total. The molecule has 0 bridgehead atoms. The van der Waals surface area contributed by atoms with E-state index >= 15 is 0 Å². The predicted octanol–water partition coefficient (Wildman–Crippen LogP) is 3.30. The van der Waals surface area contributed by atoms with Crippen LogP contribution in [0.4, 0.5) is 0 Å². The van der Waals surface area contributed by atoms with Gasteiger partial charge in [0.2, 0.25) is 15.7 Å². The summed E-state index contributed by atoms with van der Waals surface area (Å²) in [6, 6.07) is 1.68. The van der Waals surface area contributed by atoms with Crippen LogP contribution in [0.5, 0.6) is 5.88 Å². The SMILES string of the molecule is CCCS(=O)(=O)Oc1c(-c2cc(C)c3c(c2C)C(C)CC(=C=O)S3(=O)=O)cnn1CC. The number of fused-ring (bicyclic) bond motifs is 1. The van der Waals surface area contributed by atoms with Gasteiger partial charge in [-0.25, -0.2) is 17.9 Å². The van der Waals surface area contributed by atoms with Crippen LogP contribution < -0.4 is 4.18 Å². The van der Waals surface area contributed by atoms with Crippen molar-refractivity contribution in [3.05, 3.63) is 33.9 Å². The molecule has 1 aliphatic rings. The second-order valence-corrected chi connectivity index (χ2v) is 11.4. The van der Waals surface area contributed by atoms with E-state index in [0.29, 0.717) is 40.8 Å². The van der Waals surface area contributed by atoms with Crippen molar-refractivity contribution in [3.63, 3.8) is 0 Å². The van der Waals surface area contributed by atoms with Crippen LogP contribution in [0.2, 0.25) is 0 Å². The molecule has 0 amide bonds. The Bertz CT molecular complexity index is 1300. The summed E-state index contributed by atoms with van der Waals surface area (Å²) >= 11 is 0. The summed E-state index contributed by atoms with van der Waals surface area (Å²) < 4.78 is 57.5. The van der Waals surface area contributed by atoms with E-state index < -0.39 is 20.0 Å². The number of carbonyl (C=O) groups excluding carboxylic acids is 1. The number of aromatic nitrogens is 2. The summed E-state index contributed by atoms with van der Waals surface area (Å²) in [6.45, 7) is 9.29. The molecule has 2 heterocycles. The highest BCUT2D eigenvalue weighted by molar-refractivity contribution is 7.95. The van der Waals surface area contributed by atoms with Crippen LogP contribution in [0.15, 0.2) is 22.1 Å². The van der Waals surface area contributed by atoms with Gasteiger partial charge >= 0.3 is 10.1 Å². The topological polar surface area (TPSA) is 112 Å². The molecule has 1 atom stereocenters. The molecule has 1 aromatic heterocycles. The third kappa shape index (κ3) is 3.95. The lowest BCUT2D eigenvalue weighted by Crippen LogP contribution is -2.21. The van der Waals surface area contributed by atoms with Crippen LogP contribution in [0.1, 0.15) is 56.2 Å². The number of nitrogens with zero attached hydrogens (tertiary/aromatic N) is 2. The molecule has 1 aromatic carbocycles. The van der Waals surface area contributed by atoms with Gasteiger partial charge in [0.05, 0.1) is 22.4 Å². The minimum Gasteiger partial charge on any atom is -0.361 e. The van der Waals surface area contributed by atoms with Crippen LogP contribution in [0, 0.1) is 13.8 Å². The molecule has 2 aromatic rings. The highest BCUT2D eigenvalue weighted by Crippen LogP contribution is 2.46. The zero-order valence-corrected chi connectivity index (χ0v) is 19.9.